The molecule has 0 fully saturated rings. The van der Waals surface area contributed by atoms with E-state index in [1.165, 1.54) is 103 Å². The Morgan fingerprint density at radius 1 is 0.893 bits per heavy atom. The predicted molar refractivity (Wildman–Crippen MR) is 118 cm³/mol. The van der Waals surface area contributed by atoms with E-state index in [2.05, 4.69) is 28.6 Å². The van der Waals surface area contributed by atoms with Gasteiger partial charge in [0.05, 0.1) is 7.11 Å². The first-order valence-corrected chi connectivity index (χ1v) is 11.5. The standard InChI is InChI=1S/C25H42NO2/c1-3-4-5-6-7-8-9-10-11-12-13-14-15-16-21-26-22-17-18-24(23-26)19-20-25(27)28-2/h17-20,22-23H,3-16,21H2,1-2H3/q+1/b20-19+. The minimum atomic E-state index is -0.317. The summed E-state index contributed by atoms with van der Waals surface area (Å²) in [4.78, 5) is 11.2. The number of unbranched alkanes of at least 4 members (excludes halogenated alkanes) is 13. The molecule has 28 heavy (non-hydrogen) atoms. The summed E-state index contributed by atoms with van der Waals surface area (Å²) in [6.07, 6.45) is 26.9. The maximum Gasteiger partial charge on any atom is 0.330 e. The molecule has 1 heterocycles. The molecule has 0 aromatic carbocycles. The van der Waals surface area contributed by atoms with Gasteiger partial charge in [0.15, 0.2) is 12.4 Å². The topological polar surface area (TPSA) is 30.2 Å². The Kier molecular flexibility index (Phi) is 15.2. The lowest BCUT2D eigenvalue weighted by atomic mass is 10.0. The summed E-state index contributed by atoms with van der Waals surface area (Å²) in [6.45, 7) is 3.32. The van der Waals surface area contributed by atoms with Crippen LogP contribution >= 0.6 is 0 Å². The van der Waals surface area contributed by atoms with Crippen LogP contribution in [0.5, 0.6) is 0 Å². The molecular weight excluding hydrogens is 346 g/mol. The number of hydrogen-bond donors (Lipinski definition) is 0. The van der Waals surface area contributed by atoms with Crippen molar-refractivity contribution < 1.29 is 14.1 Å². The number of aryl methyl sites for hydroxylation is 1. The highest BCUT2D eigenvalue weighted by atomic mass is 16.5. The van der Waals surface area contributed by atoms with Gasteiger partial charge in [-0.15, -0.1) is 0 Å². The Labute approximate surface area is 173 Å². The van der Waals surface area contributed by atoms with Crippen LogP contribution in [-0.2, 0) is 16.1 Å². The molecule has 1 aromatic rings. The number of carbonyl (C=O) groups is 1. The number of carbonyl (C=O) groups excluding carboxylic acids is 1. The zero-order valence-electron chi connectivity index (χ0n) is 18.3. The van der Waals surface area contributed by atoms with Crippen LogP contribution in [-0.4, -0.2) is 13.1 Å². The monoisotopic (exact) mass is 388 g/mol. The molecule has 0 amide bonds. The highest BCUT2D eigenvalue weighted by Crippen LogP contribution is 2.13. The van der Waals surface area contributed by atoms with Crippen LogP contribution in [0.2, 0.25) is 0 Å². The number of esters is 1. The molecule has 0 atom stereocenters. The van der Waals surface area contributed by atoms with Crippen molar-refractivity contribution >= 4 is 12.0 Å². The van der Waals surface area contributed by atoms with E-state index in [1.54, 1.807) is 6.08 Å². The lowest BCUT2D eigenvalue weighted by molar-refractivity contribution is -0.697. The minimum Gasteiger partial charge on any atom is -0.466 e. The Morgan fingerprint density at radius 3 is 1.96 bits per heavy atom. The van der Waals surface area contributed by atoms with E-state index in [4.69, 9.17) is 0 Å². The van der Waals surface area contributed by atoms with E-state index in [-0.39, 0.29) is 5.97 Å². The highest BCUT2D eigenvalue weighted by molar-refractivity contribution is 5.86. The van der Waals surface area contributed by atoms with Gasteiger partial charge >= 0.3 is 5.97 Å². The van der Waals surface area contributed by atoms with Crippen LogP contribution < -0.4 is 4.57 Å². The molecule has 0 radical (unpaired) electrons. The molecule has 0 aliphatic carbocycles. The Bertz CT molecular complexity index is 539. The van der Waals surface area contributed by atoms with E-state index in [1.807, 2.05) is 12.1 Å². The number of rotatable bonds is 17. The molecule has 0 bridgehead atoms. The van der Waals surface area contributed by atoms with Crippen LogP contribution in [0.15, 0.2) is 30.6 Å². The number of ether oxygens (including phenoxy) is 1. The normalized spacial score (nSPS) is 11.2. The van der Waals surface area contributed by atoms with Gasteiger partial charge in [-0.25, -0.2) is 9.36 Å². The average Bonchev–Trinajstić information content (AvgIpc) is 2.72. The van der Waals surface area contributed by atoms with E-state index in [0.717, 1.165) is 12.1 Å². The Morgan fingerprint density at radius 2 is 1.43 bits per heavy atom. The van der Waals surface area contributed by atoms with Crippen molar-refractivity contribution in [2.75, 3.05) is 7.11 Å². The average molecular weight is 389 g/mol. The number of hydrogen-bond acceptors (Lipinski definition) is 2. The zero-order chi connectivity index (χ0) is 20.3. The molecule has 0 aliphatic heterocycles. The quantitative estimate of drug-likeness (QED) is 0.130. The predicted octanol–water partition coefficient (Wildman–Crippen LogP) is 6.64. The van der Waals surface area contributed by atoms with Crippen molar-refractivity contribution in [3.05, 3.63) is 36.2 Å². The first kappa shape index (κ1) is 24.4. The fourth-order valence-corrected chi connectivity index (χ4v) is 3.50. The van der Waals surface area contributed by atoms with Crippen molar-refractivity contribution in [2.24, 2.45) is 0 Å². The SMILES string of the molecule is CCCCCCCCCCCCCCCC[n+]1cccc(/C=C/C(=O)OC)c1. The van der Waals surface area contributed by atoms with Gasteiger partial charge in [0.2, 0.25) is 0 Å². The molecule has 0 unspecified atom stereocenters. The van der Waals surface area contributed by atoms with Crippen molar-refractivity contribution in [1.82, 2.24) is 0 Å². The maximum atomic E-state index is 11.2. The van der Waals surface area contributed by atoms with Gasteiger partial charge in [-0.3, -0.25) is 0 Å². The minimum absolute atomic E-state index is 0.317. The molecule has 158 valence electrons. The van der Waals surface area contributed by atoms with Gasteiger partial charge in [0.25, 0.3) is 0 Å². The fraction of sp³-hybridized carbons (Fsp3) is 0.680. The highest BCUT2D eigenvalue weighted by Gasteiger charge is 2.02. The summed E-state index contributed by atoms with van der Waals surface area (Å²) in [5.41, 5.74) is 1.03. The molecule has 3 nitrogen and oxygen atoms in total. The third-order valence-corrected chi connectivity index (χ3v) is 5.26. The first-order chi connectivity index (χ1) is 13.8. The van der Waals surface area contributed by atoms with Gasteiger partial charge in [-0.2, -0.15) is 0 Å². The summed E-state index contributed by atoms with van der Waals surface area (Å²) in [5, 5.41) is 0. The van der Waals surface area contributed by atoms with Gasteiger partial charge in [0.1, 0.15) is 6.54 Å². The molecule has 0 aliphatic rings. The van der Waals surface area contributed by atoms with Crippen LogP contribution in [0.25, 0.3) is 6.08 Å². The Hall–Kier alpha value is -1.64. The van der Waals surface area contributed by atoms with Crippen LogP contribution in [0.3, 0.4) is 0 Å². The number of nitrogens with zero attached hydrogens (tertiary/aromatic N) is 1. The fourth-order valence-electron chi connectivity index (χ4n) is 3.50. The second-order valence-corrected chi connectivity index (χ2v) is 7.83. The summed E-state index contributed by atoms with van der Waals surface area (Å²) in [6, 6.07) is 4.03. The van der Waals surface area contributed by atoms with Crippen molar-refractivity contribution in [1.29, 1.82) is 0 Å². The largest absolute Gasteiger partial charge is 0.466 e. The van der Waals surface area contributed by atoms with E-state index in [9.17, 15) is 4.79 Å². The smallest absolute Gasteiger partial charge is 0.330 e. The molecule has 0 saturated heterocycles. The second-order valence-electron chi connectivity index (χ2n) is 7.83. The van der Waals surface area contributed by atoms with Crippen molar-refractivity contribution in [2.45, 2.75) is 103 Å². The summed E-state index contributed by atoms with van der Waals surface area (Å²) < 4.78 is 6.83. The lowest BCUT2D eigenvalue weighted by Crippen LogP contribution is -2.32. The summed E-state index contributed by atoms with van der Waals surface area (Å²) >= 11 is 0. The van der Waals surface area contributed by atoms with E-state index < -0.39 is 0 Å². The molecule has 1 aromatic heterocycles. The van der Waals surface area contributed by atoms with Crippen molar-refractivity contribution in [3.63, 3.8) is 0 Å². The number of pyridine rings is 1. The molecule has 1 rings (SSSR count). The maximum absolute atomic E-state index is 11.2. The Balaban J connectivity index is 1.97. The van der Waals surface area contributed by atoms with Crippen LogP contribution in [0.1, 0.15) is 102 Å². The van der Waals surface area contributed by atoms with Gasteiger partial charge in [0, 0.05) is 24.1 Å². The van der Waals surface area contributed by atoms with Crippen LogP contribution in [0.4, 0.5) is 0 Å². The molecular formula is C25H42NO2+. The van der Waals surface area contributed by atoms with Gasteiger partial charge in [-0.05, 0) is 18.6 Å². The molecule has 3 heteroatoms. The summed E-state index contributed by atoms with van der Waals surface area (Å²) in [5.74, 6) is -0.317. The van der Waals surface area contributed by atoms with Crippen LogP contribution in [0, 0.1) is 0 Å². The van der Waals surface area contributed by atoms with E-state index in [0.29, 0.717) is 0 Å². The van der Waals surface area contributed by atoms with Gasteiger partial charge in [-0.1, -0.05) is 84.0 Å². The molecule has 0 saturated carbocycles. The molecule has 0 spiro atoms. The third kappa shape index (κ3) is 13.5. The third-order valence-electron chi connectivity index (χ3n) is 5.26. The van der Waals surface area contributed by atoms with Gasteiger partial charge < -0.3 is 4.74 Å². The zero-order valence-corrected chi connectivity index (χ0v) is 18.3. The first-order valence-electron chi connectivity index (χ1n) is 11.5. The lowest BCUT2D eigenvalue weighted by Gasteiger charge is -2.03. The second kappa shape index (κ2) is 17.5. The van der Waals surface area contributed by atoms with Crippen molar-refractivity contribution in [3.8, 4) is 0 Å². The van der Waals surface area contributed by atoms with E-state index >= 15 is 0 Å². The number of methoxy groups -OCH3 is 1. The number of aromatic nitrogens is 1. The summed E-state index contributed by atoms with van der Waals surface area (Å²) in [7, 11) is 1.40. The molecule has 0 N–H and O–H groups in total.